The zero-order valence-electron chi connectivity index (χ0n) is 15.3. The Bertz CT molecular complexity index is 586. The number of allylic oxidation sites excluding steroid dienone is 1. The average molecular weight is 401 g/mol. The Morgan fingerprint density at radius 2 is 2.19 bits per heavy atom. The van der Waals surface area contributed by atoms with Crippen LogP contribution in [0.5, 0.6) is 5.06 Å². The quantitative estimate of drug-likeness (QED) is 0.223. The van der Waals surface area contributed by atoms with Crippen molar-refractivity contribution >= 4 is 29.1 Å². The van der Waals surface area contributed by atoms with Crippen molar-refractivity contribution in [3.8, 4) is 5.06 Å². The van der Waals surface area contributed by atoms with E-state index in [1.54, 1.807) is 6.07 Å². The zero-order chi connectivity index (χ0) is 18.9. The van der Waals surface area contributed by atoms with Gasteiger partial charge in [-0.1, -0.05) is 31.9 Å². The van der Waals surface area contributed by atoms with Crippen molar-refractivity contribution in [2.24, 2.45) is 11.8 Å². The predicted molar refractivity (Wildman–Crippen MR) is 106 cm³/mol. The molecule has 1 heterocycles. The maximum atomic E-state index is 10.6. The smallest absolute Gasteiger partial charge is 0.449 e. The van der Waals surface area contributed by atoms with Crippen LogP contribution in [0.15, 0.2) is 24.3 Å². The molecule has 0 radical (unpaired) electrons. The summed E-state index contributed by atoms with van der Waals surface area (Å²) in [6.07, 6.45) is 10.9. The van der Waals surface area contributed by atoms with Gasteiger partial charge in [-0.25, -0.2) is 4.79 Å². The van der Waals surface area contributed by atoms with E-state index >= 15 is 0 Å². The Hall–Kier alpha value is -1.04. The van der Waals surface area contributed by atoms with Gasteiger partial charge in [0.2, 0.25) is 0 Å². The molecule has 0 spiro atoms. The number of rotatable bonds is 10. The van der Waals surface area contributed by atoms with Gasteiger partial charge < -0.3 is 14.9 Å². The molecule has 2 rings (SSSR count). The average Bonchev–Trinajstić information content (AvgIpc) is 3.12. The molecule has 0 saturated heterocycles. The number of unbranched alkanes of at least 4 members (excludes halogenated alkanes) is 3. The highest BCUT2D eigenvalue weighted by Gasteiger charge is 2.39. The maximum Gasteiger partial charge on any atom is 0.512 e. The minimum absolute atomic E-state index is 0.0181. The molecule has 0 bridgehead atoms. The lowest BCUT2D eigenvalue weighted by Crippen LogP contribution is -2.18. The summed E-state index contributed by atoms with van der Waals surface area (Å²) >= 11 is 7.86. The van der Waals surface area contributed by atoms with Crippen molar-refractivity contribution in [1.29, 1.82) is 0 Å². The van der Waals surface area contributed by atoms with E-state index in [4.69, 9.17) is 16.7 Å². The molecule has 6 heteroatoms. The number of aryl methyl sites for hydroxylation is 1. The second-order valence-corrected chi connectivity index (χ2v) is 8.66. The van der Waals surface area contributed by atoms with Gasteiger partial charge in [-0.2, -0.15) is 0 Å². The lowest BCUT2D eigenvalue weighted by atomic mass is 9.89. The first kappa shape index (κ1) is 21.3. The van der Waals surface area contributed by atoms with Gasteiger partial charge in [0.1, 0.15) is 0 Å². The summed E-state index contributed by atoms with van der Waals surface area (Å²) < 4.78 is 4.67. The monoisotopic (exact) mass is 400 g/mol. The number of hydrogen-bond donors (Lipinski definition) is 2. The van der Waals surface area contributed by atoms with Crippen LogP contribution in [0.25, 0.3) is 0 Å². The first-order chi connectivity index (χ1) is 12.5. The molecule has 146 valence electrons. The van der Waals surface area contributed by atoms with E-state index in [0.29, 0.717) is 17.4 Å². The standard InChI is InChI=1S/C20H29ClO4S/c1-2-3-4-5-6-9-16-15(17(21)13-18(16)22)10-7-8-14-11-12-19(26-14)25-20(23)24/h6,9,11-12,15-18,22H,2-5,7-8,10,13H2,1H3,(H,23,24)/t15-,16-,17-,18-/m1/s1. The van der Waals surface area contributed by atoms with Crippen molar-refractivity contribution in [3.63, 3.8) is 0 Å². The number of carbonyl (C=O) groups is 1. The molecule has 0 aromatic carbocycles. The molecule has 0 unspecified atom stereocenters. The highest BCUT2D eigenvalue weighted by Crippen LogP contribution is 2.40. The molecule has 0 aliphatic heterocycles. The number of alkyl halides is 1. The number of thiophene rings is 1. The number of aliphatic hydroxyl groups is 1. The highest BCUT2D eigenvalue weighted by atomic mass is 35.5. The number of aliphatic hydroxyl groups excluding tert-OH is 1. The third-order valence-corrected chi connectivity index (χ3v) is 6.51. The summed E-state index contributed by atoms with van der Waals surface area (Å²) in [6.45, 7) is 2.20. The van der Waals surface area contributed by atoms with Crippen molar-refractivity contribution in [3.05, 3.63) is 29.2 Å². The normalized spacial score (nSPS) is 25.8. The fraction of sp³-hybridized carbons (Fsp3) is 0.650. The second kappa shape index (κ2) is 11.0. The molecule has 1 aliphatic carbocycles. The van der Waals surface area contributed by atoms with Crippen LogP contribution < -0.4 is 4.74 Å². The van der Waals surface area contributed by atoms with Crippen LogP contribution in [0, 0.1) is 11.8 Å². The number of hydrogen-bond acceptors (Lipinski definition) is 4. The number of carboxylic acid groups (broad SMARTS) is 1. The van der Waals surface area contributed by atoms with E-state index in [9.17, 15) is 9.90 Å². The van der Waals surface area contributed by atoms with Gasteiger partial charge in [0.25, 0.3) is 0 Å². The summed E-state index contributed by atoms with van der Waals surface area (Å²) in [5.41, 5.74) is 0. The van der Waals surface area contributed by atoms with Gasteiger partial charge in [0.05, 0.1) is 6.10 Å². The van der Waals surface area contributed by atoms with Gasteiger partial charge in [-0.05, 0) is 56.6 Å². The summed E-state index contributed by atoms with van der Waals surface area (Å²) in [7, 11) is 0. The topological polar surface area (TPSA) is 66.8 Å². The molecule has 1 aromatic heterocycles. The first-order valence-electron chi connectivity index (χ1n) is 9.49. The molecule has 0 amide bonds. The number of ether oxygens (including phenoxy) is 1. The zero-order valence-corrected chi connectivity index (χ0v) is 16.8. The van der Waals surface area contributed by atoms with Crippen LogP contribution in [0.3, 0.4) is 0 Å². The Kier molecular flexibility index (Phi) is 8.96. The molecule has 4 nitrogen and oxygen atoms in total. The van der Waals surface area contributed by atoms with Crippen molar-refractivity contribution < 1.29 is 19.7 Å². The third-order valence-electron chi connectivity index (χ3n) is 4.99. The van der Waals surface area contributed by atoms with E-state index in [1.165, 1.54) is 30.6 Å². The molecular formula is C20H29ClO4S. The molecule has 1 saturated carbocycles. The summed E-state index contributed by atoms with van der Waals surface area (Å²) in [6, 6.07) is 3.61. The van der Waals surface area contributed by atoms with Crippen LogP contribution in [0.4, 0.5) is 4.79 Å². The summed E-state index contributed by atoms with van der Waals surface area (Å²) in [5, 5.41) is 19.4. The molecule has 1 aliphatic rings. The van der Waals surface area contributed by atoms with Crippen LogP contribution in [0.1, 0.15) is 56.7 Å². The Morgan fingerprint density at radius 1 is 1.38 bits per heavy atom. The van der Waals surface area contributed by atoms with E-state index in [2.05, 4.69) is 23.8 Å². The largest absolute Gasteiger partial charge is 0.512 e. The summed E-state index contributed by atoms with van der Waals surface area (Å²) in [5.74, 6) is 0.442. The van der Waals surface area contributed by atoms with E-state index < -0.39 is 6.16 Å². The van der Waals surface area contributed by atoms with Gasteiger partial charge >= 0.3 is 6.16 Å². The van der Waals surface area contributed by atoms with Crippen molar-refractivity contribution in [1.82, 2.24) is 0 Å². The maximum absolute atomic E-state index is 10.6. The molecule has 2 N–H and O–H groups in total. The van der Waals surface area contributed by atoms with Crippen LogP contribution in [-0.2, 0) is 6.42 Å². The Labute approximate surface area is 164 Å². The number of halogens is 1. The minimum Gasteiger partial charge on any atom is -0.449 e. The Balaban J connectivity index is 1.81. The van der Waals surface area contributed by atoms with Gasteiger partial charge in [-0.15, -0.1) is 22.9 Å². The van der Waals surface area contributed by atoms with Crippen molar-refractivity contribution in [2.75, 3.05) is 0 Å². The Morgan fingerprint density at radius 3 is 2.92 bits per heavy atom. The fourth-order valence-corrected chi connectivity index (χ4v) is 5.01. The predicted octanol–water partition coefficient (Wildman–Crippen LogP) is 5.87. The SMILES string of the molecule is CCCCCC=C[C@@H]1[C@@H](CCCc2ccc(OC(=O)O)s2)[C@H](Cl)C[C@H]1O. The second-order valence-electron chi connectivity index (χ2n) is 6.97. The van der Waals surface area contributed by atoms with Gasteiger partial charge in [-0.3, -0.25) is 0 Å². The van der Waals surface area contributed by atoms with E-state index in [-0.39, 0.29) is 17.4 Å². The fourth-order valence-electron chi connectivity index (χ4n) is 3.64. The lowest BCUT2D eigenvalue weighted by molar-refractivity contribution is 0.139. The molecular weight excluding hydrogens is 372 g/mol. The van der Waals surface area contributed by atoms with E-state index in [1.807, 2.05) is 6.07 Å². The van der Waals surface area contributed by atoms with Crippen molar-refractivity contribution in [2.45, 2.75) is 69.8 Å². The van der Waals surface area contributed by atoms with Crippen LogP contribution >= 0.6 is 22.9 Å². The van der Waals surface area contributed by atoms with Crippen LogP contribution in [0.2, 0.25) is 0 Å². The van der Waals surface area contributed by atoms with Gasteiger partial charge in [0.15, 0.2) is 5.06 Å². The lowest BCUT2D eigenvalue weighted by Gasteiger charge is -2.20. The summed E-state index contributed by atoms with van der Waals surface area (Å²) in [4.78, 5) is 11.7. The first-order valence-corrected chi connectivity index (χ1v) is 10.7. The highest BCUT2D eigenvalue weighted by molar-refractivity contribution is 7.13. The van der Waals surface area contributed by atoms with E-state index in [0.717, 1.165) is 30.6 Å². The molecule has 1 aromatic rings. The minimum atomic E-state index is -1.28. The van der Waals surface area contributed by atoms with Gasteiger partial charge in [0, 0.05) is 16.2 Å². The third kappa shape index (κ3) is 6.60. The molecule has 1 fully saturated rings. The molecule has 4 atom stereocenters. The molecule has 26 heavy (non-hydrogen) atoms. The van der Waals surface area contributed by atoms with Crippen LogP contribution in [-0.4, -0.2) is 27.8 Å².